The van der Waals surface area contributed by atoms with Gasteiger partial charge in [-0.1, -0.05) is 55.0 Å². The van der Waals surface area contributed by atoms with Crippen LogP contribution >= 0.6 is 0 Å². The van der Waals surface area contributed by atoms with Gasteiger partial charge in [0.1, 0.15) is 6.04 Å². The zero-order valence-electron chi connectivity index (χ0n) is 20.3. The maximum absolute atomic E-state index is 13.3. The van der Waals surface area contributed by atoms with E-state index < -0.39 is 16.1 Å². The van der Waals surface area contributed by atoms with Crippen molar-refractivity contribution in [1.29, 1.82) is 0 Å². The molecule has 0 aromatic heterocycles. The predicted octanol–water partition coefficient (Wildman–Crippen LogP) is 4.95. The lowest BCUT2D eigenvalue weighted by Crippen LogP contribution is -2.35. The van der Waals surface area contributed by atoms with Crippen LogP contribution in [0.5, 0.6) is 0 Å². The molecule has 3 aromatic rings. The summed E-state index contributed by atoms with van der Waals surface area (Å²) in [4.78, 5) is 13.6. The van der Waals surface area contributed by atoms with E-state index in [0.29, 0.717) is 24.5 Å². The first-order chi connectivity index (χ1) is 16.8. The van der Waals surface area contributed by atoms with E-state index in [-0.39, 0.29) is 5.91 Å². The van der Waals surface area contributed by atoms with Gasteiger partial charge in [0, 0.05) is 25.3 Å². The fourth-order valence-corrected chi connectivity index (χ4v) is 6.04. The van der Waals surface area contributed by atoms with Crippen LogP contribution in [0.25, 0.3) is 0 Å². The summed E-state index contributed by atoms with van der Waals surface area (Å²) in [6.07, 6.45) is 2.90. The maximum Gasteiger partial charge on any atom is 0.246 e. The Balaban J connectivity index is 1.47. The fraction of sp³-hybridized carbons (Fsp3) is 0.321. The zero-order valence-corrected chi connectivity index (χ0v) is 21.1. The van der Waals surface area contributed by atoms with Crippen molar-refractivity contribution in [3.8, 4) is 0 Å². The number of anilines is 1. The Kier molecular flexibility index (Phi) is 8.00. The molecule has 2 N–H and O–H groups in total. The van der Waals surface area contributed by atoms with Gasteiger partial charge in [-0.05, 0) is 73.2 Å². The Labute approximate surface area is 208 Å². The minimum atomic E-state index is -3.46. The number of aryl methyl sites for hydroxylation is 2. The average molecular weight is 492 g/mol. The summed E-state index contributed by atoms with van der Waals surface area (Å²) >= 11 is 0. The molecule has 1 amide bonds. The summed E-state index contributed by atoms with van der Waals surface area (Å²) in [6.45, 7) is 5.60. The molecule has 4 rings (SSSR count). The third kappa shape index (κ3) is 6.36. The van der Waals surface area contributed by atoms with Crippen LogP contribution in [-0.2, 0) is 21.4 Å². The van der Waals surface area contributed by atoms with E-state index in [2.05, 4.69) is 16.7 Å². The summed E-state index contributed by atoms with van der Waals surface area (Å²) < 4.78 is 27.4. The summed E-state index contributed by atoms with van der Waals surface area (Å²) in [5.41, 5.74) is 4.71. The standard InChI is InChI=1S/C28H33N3O3S/c1-21-17-22(2)19-25(18-21)30-28(32)27(24-9-5-3-6-10-24)29-20-23-11-13-26(14-12-23)35(33,34)31-15-7-4-8-16-31/h3,5-6,9-14,17-19,27,29H,4,7-8,15-16,20H2,1-2H3,(H,30,32). The zero-order chi connectivity index (χ0) is 24.8. The number of hydrogen-bond donors (Lipinski definition) is 2. The third-order valence-electron chi connectivity index (χ3n) is 6.27. The first-order valence-electron chi connectivity index (χ1n) is 12.1. The Hall–Kier alpha value is -3.00. The van der Waals surface area contributed by atoms with Gasteiger partial charge in [-0.25, -0.2) is 8.42 Å². The van der Waals surface area contributed by atoms with Gasteiger partial charge >= 0.3 is 0 Å². The normalized spacial score (nSPS) is 15.5. The van der Waals surface area contributed by atoms with Crippen molar-refractivity contribution in [3.05, 3.63) is 95.1 Å². The molecule has 3 aromatic carbocycles. The topological polar surface area (TPSA) is 78.5 Å². The summed E-state index contributed by atoms with van der Waals surface area (Å²) in [5.74, 6) is -0.148. The number of carbonyl (C=O) groups is 1. The molecule has 0 spiro atoms. The number of hydrogen-bond acceptors (Lipinski definition) is 4. The van der Waals surface area contributed by atoms with E-state index in [9.17, 15) is 13.2 Å². The van der Waals surface area contributed by atoms with E-state index >= 15 is 0 Å². The lowest BCUT2D eigenvalue weighted by molar-refractivity contribution is -0.118. The number of rotatable bonds is 8. The van der Waals surface area contributed by atoms with Crippen LogP contribution in [0.4, 0.5) is 5.69 Å². The van der Waals surface area contributed by atoms with E-state index in [1.807, 2.05) is 68.4 Å². The van der Waals surface area contributed by atoms with Crippen LogP contribution in [0.3, 0.4) is 0 Å². The van der Waals surface area contributed by atoms with Crippen molar-refractivity contribution >= 4 is 21.6 Å². The summed E-state index contributed by atoms with van der Waals surface area (Å²) in [6, 6.07) is 21.9. The molecule has 0 bridgehead atoms. The van der Waals surface area contributed by atoms with Gasteiger partial charge in [0.2, 0.25) is 15.9 Å². The Morgan fingerprint density at radius 1 is 0.886 bits per heavy atom. The molecule has 1 aliphatic rings. The van der Waals surface area contributed by atoms with E-state index in [4.69, 9.17) is 0 Å². The number of amides is 1. The largest absolute Gasteiger partial charge is 0.324 e. The molecule has 1 aliphatic heterocycles. The maximum atomic E-state index is 13.3. The Morgan fingerprint density at radius 3 is 2.14 bits per heavy atom. The van der Waals surface area contributed by atoms with Crippen LogP contribution in [0, 0.1) is 13.8 Å². The van der Waals surface area contributed by atoms with E-state index in [1.54, 1.807) is 16.4 Å². The van der Waals surface area contributed by atoms with Crippen molar-refractivity contribution in [2.24, 2.45) is 0 Å². The quantitative estimate of drug-likeness (QED) is 0.467. The monoisotopic (exact) mass is 491 g/mol. The Morgan fingerprint density at radius 2 is 1.51 bits per heavy atom. The van der Waals surface area contributed by atoms with Gasteiger partial charge in [0.15, 0.2) is 0 Å². The van der Waals surface area contributed by atoms with Crippen LogP contribution in [-0.4, -0.2) is 31.7 Å². The molecular weight excluding hydrogens is 458 g/mol. The van der Waals surface area contributed by atoms with Gasteiger partial charge < -0.3 is 5.32 Å². The summed E-state index contributed by atoms with van der Waals surface area (Å²) in [5, 5.41) is 6.39. The number of nitrogens with zero attached hydrogens (tertiary/aromatic N) is 1. The number of benzene rings is 3. The number of nitrogens with one attached hydrogen (secondary N) is 2. The molecule has 0 radical (unpaired) electrons. The minimum Gasteiger partial charge on any atom is -0.324 e. The van der Waals surface area contributed by atoms with Gasteiger partial charge in [0.25, 0.3) is 0 Å². The molecule has 0 aliphatic carbocycles. The van der Waals surface area contributed by atoms with Gasteiger partial charge in [-0.3, -0.25) is 10.1 Å². The smallest absolute Gasteiger partial charge is 0.246 e. The summed E-state index contributed by atoms with van der Waals surface area (Å²) in [7, 11) is -3.46. The first kappa shape index (κ1) is 25.1. The number of carbonyl (C=O) groups excluding carboxylic acids is 1. The molecule has 184 valence electrons. The molecule has 7 heteroatoms. The number of piperidine rings is 1. The van der Waals surface area contributed by atoms with Crippen molar-refractivity contribution in [1.82, 2.24) is 9.62 Å². The van der Waals surface area contributed by atoms with E-state index in [0.717, 1.165) is 47.2 Å². The highest BCUT2D eigenvalue weighted by atomic mass is 32.2. The van der Waals surface area contributed by atoms with E-state index in [1.165, 1.54) is 0 Å². The molecule has 1 heterocycles. The second kappa shape index (κ2) is 11.2. The number of sulfonamides is 1. The van der Waals surface area contributed by atoms with Gasteiger partial charge in [0.05, 0.1) is 4.90 Å². The Bertz CT molecular complexity index is 1230. The molecular formula is C28H33N3O3S. The highest BCUT2D eigenvalue weighted by Crippen LogP contribution is 2.22. The van der Waals surface area contributed by atoms with Crippen molar-refractivity contribution in [2.75, 3.05) is 18.4 Å². The molecule has 6 nitrogen and oxygen atoms in total. The van der Waals surface area contributed by atoms with Crippen LogP contribution in [0.2, 0.25) is 0 Å². The third-order valence-corrected chi connectivity index (χ3v) is 8.18. The average Bonchev–Trinajstić information content (AvgIpc) is 2.85. The second-order valence-corrected chi connectivity index (χ2v) is 11.1. The molecule has 1 saturated heterocycles. The SMILES string of the molecule is Cc1cc(C)cc(NC(=O)C(NCc2ccc(S(=O)(=O)N3CCCCC3)cc2)c2ccccc2)c1. The lowest BCUT2D eigenvalue weighted by atomic mass is 10.0. The minimum absolute atomic E-state index is 0.148. The van der Waals surface area contributed by atoms with Crippen LogP contribution < -0.4 is 10.6 Å². The highest BCUT2D eigenvalue weighted by molar-refractivity contribution is 7.89. The predicted molar refractivity (Wildman–Crippen MR) is 140 cm³/mol. The van der Waals surface area contributed by atoms with Crippen molar-refractivity contribution < 1.29 is 13.2 Å². The molecule has 0 saturated carbocycles. The van der Waals surface area contributed by atoms with Gasteiger partial charge in [-0.15, -0.1) is 0 Å². The van der Waals surface area contributed by atoms with Crippen LogP contribution in [0.1, 0.15) is 47.6 Å². The molecule has 1 atom stereocenters. The highest BCUT2D eigenvalue weighted by Gasteiger charge is 2.26. The second-order valence-electron chi connectivity index (χ2n) is 9.20. The van der Waals surface area contributed by atoms with Crippen molar-refractivity contribution in [3.63, 3.8) is 0 Å². The lowest BCUT2D eigenvalue weighted by Gasteiger charge is -2.26. The van der Waals surface area contributed by atoms with Crippen LogP contribution in [0.15, 0.2) is 77.7 Å². The molecule has 1 unspecified atom stereocenters. The first-order valence-corrected chi connectivity index (χ1v) is 13.5. The molecule has 1 fully saturated rings. The van der Waals surface area contributed by atoms with Gasteiger partial charge in [-0.2, -0.15) is 4.31 Å². The van der Waals surface area contributed by atoms with Crippen molar-refractivity contribution in [2.45, 2.75) is 50.6 Å². The molecule has 35 heavy (non-hydrogen) atoms. The fourth-order valence-electron chi connectivity index (χ4n) is 4.52.